The fraction of sp³-hybridized carbons (Fsp3) is 0.167. The lowest BCUT2D eigenvalue weighted by molar-refractivity contribution is 0.0518. The number of furan rings is 1. The fourth-order valence-corrected chi connectivity index (χ4v) is 3.56. The minimum atomic E-state index is -0.488. The molecule has 0 atom stereocenters. The first-order valence-corrected chi connectivity index (χ1v) is 9.33. The van der Waals surface area contributed by atoms with Crippen LogP contribution in [0.15, 0.2) is 51.6 Å². The molecule has 4 rings (SSSR count). The first-order chi connectivity index (χ1) is 13.1. The zero-order chi connectivity index (χ0) is 18.8. The smallest absolute Gasteiger partial charge is 0.358 e. The Labute approximate surface area is 163 Å². The molecule has 4 heterocycles. The van der Waals surface area contributed by atoms with Crippen molar-refractivity contribution in [1.29, 1.82) is 0 Å². The molecule has 138 valence electrons. The molecule has 0 fully saturated rings. The Morgan fingerprint density at radius 1 is 1.30 bits per heavy atom. The monoisotopic (exact) mass is 403 g/mol. The molecular formula is C18H14ClN3O4S. The van der Waals surface area contributed by atoms with Gasteiger partial charge in [0.05, 0.1) is 28.6 Å². The van der Waals surface area contributed by atoms with Gasteiger partial charge in [-0.15, -0.1) is 11.3 Å². The molecule has 4 aromatic heterocycles. The number of thiophene rings is 1. The van der Waals surface area contributed by atoms with Crippen LogP contribution in [-0.4, -0.2) is 27.5 Å². The zero-order valence-corrected chi connectivity index (χ0v) is 15.8. The largest absolute Gasteiger partial charge is 0.463 e. The number of nitrogens with zero attached hydrogens (tertiary/aromatic N) is 3. The second-order valence-corrected chi connectivity index (χ2v) is 7.27. The quantitative estimate of drug-likeness (QED) is 0.432. The third-order valence-corrected chi connectivity index (χ3v) is 4.97. The maximum atomic E-state index is 12.0. The molecule has 0 spiro atoms. The van der Waals surface area contributed by atoms with Crippen LogP contribution in [0.4, 0.5) is 0 Å². The van der Waals surface area contributed by atoms with E-state index in [2.05, 4.69) is 10.3 Å². The molecule has 27 heavy (non-hydrogen) atoms. The Balaban J connectivity index is 1.65. The lowest BCUT2D eigenvalue weighted by atomic mass is 10.3. The summed E-state index contributed by atoms with van der Waals surface area (Å²) in [6, 6.07) is 10.7. The summed E-state index contributed by atoms with van der Waals surface area (Å²) in [4.78, 5) is 12.9. The van der Waals surface area contributed by atoms with Gasteiger partial charge in [0, 0.05) is 12.1 Å². The Morgan fingerprint density at radius 3 is 2.89 bits per heavy atom. The maximum absolute atomic E-state index is 12.0. The normalized spacial score (nSPS) is 11.0. The van der Waals surface area contributed by atoms with E-state index in [-0.39, 0.29) is 12.3 Å². The van der Waals surface area contributed by atoms with Gasteiger partial charge >= 0.3 is 5.97 Å². The van der Waals surface area contributed by atoms with Gasteiger partial charge in [-0.3, -0.25) is 4.68 Å². The highest BCUT2D eigenvalue weighted by Gasteiger charge is 2.19. The van der Waals surface area contributed by atoms with Crippen molar-refractivity contribution in [3.63, 3.8) is 0 Å². The van der Waals surface area contributed by atoms with Crippen molar-refractivity contribution in [3.8, 4) is 22.1 Å². The highest BCUT2D eigenvalue weighted by Crippen LogP contribution is 2.31. The average molecular weight is 404 g/mol. The van der Waals surface area contributed by atoms with Crippen molar-refractivity contribution >= 4 is 28.9 Å². The Morgan fingerprint density at radius 2 is 2.19 bits per heavy atom. The predicted octanol–water partition coefficient (Wildman–Crippen LogP) is 4.74. The van der Waals surface area contributed by atoms with E-state index in [1.165, 1.54) is 11.3 Å². The summed E-state index contributed by atoms with van der Waals surface area (Å²) in [6.07, 6.45) is 1.56. The minimum Gasteiger partial charge on any atom is -0.463 e. The Hall–Kier alpha value is -2.84. The lowest BCUT2D eigenvalue weighted by Gasteiger charge is -2.02. The molecule has 0 aromatic carbocycles. The molecule has 9 heteroatoms. The summed E-state index contributed by atoms with van der Waals surface area (Å²) in [5.41, 5.74) is 1.50. The van der Waals surface area contributed by atoms with Crippen molar-refractivity contribution in [2.24, 2.45) is 0 Å². The molecule has 0 aliphatic heterocycles. The van der Waals surface area contributed by atoms with Gasteiger partial charge in [-0.2, -0.15) is 5.10 Å². The van der Waals surface area contributed by atoms with Gasteiger partial charge < -0.3 is 13.7 Å². The van der Waals surface area contributed by atoms with E-state index < -0.39 is 5.97 Å². The molecule has 7 nitrogen and oxygen atoms in total. The van der Waals surface area contributed by atoms with Crippen LogP contribution in [0.2, 0.25) is 4.34 Å². The lowest BCUT2D eigenvalue weighted by Crippen LogP contribution is -2.08. The minimum absolute atomic E-state index is 0.206. The van der Waals surface area contributed by atoms with Gasteiger partial charge in [0.2, 0.25) is 0 Å². The standard InChI is InChI=1S/C18H14ClN3O4S/c1-2-24-18(23)12-9-13(14-4-3-7-25-14)22(20-12)10-11-8-15(26-21-11)16-5-6-17(19)27-16/h3-9H,2,10H2,1H3. The van der Waals surface area contributed by atoms with Gasteiger partial charge in [-0.05, 0) is 31.2 Å². The molecule has 0 saturated carbocycles. The topological polar surface area (TPSA) is 83.3 Å². The van der Waals surface area contributed by atoms with E-state index in [0.717, 1.165) is 4.88 Å². The molecule has 0 amide bonds. The molecule has 0 saturated heterocycles. The number of hydrogen-bond acceptors (Lipinski definition) is 7. The predicted molar refractivity (Wildman–Crippen MR) is 99.8 cm³/mol. The third kappa shape index (κ3) is 3.67. The maximum Gasteiger partial charge on any atom is 0.358 e. The van der Waals surface area contributed by atoms with Crippen molar-refractivity contribution in [2.75, 3.05) is 6.61 Å². The van der Waals surface area contributed by atoms with Gasteiger partial charge in [-0.25, -0.2) is 4.79 Å². The number of carbonyl (C=O) groups excluding carboxylic acids is 1. The number of rotatable bonds is 6. The molecule has 0 aliphatic rings. The number of carbonyl (C=O) groups is 1. The second-order valence-electron chi connectivity index (χ2n) is 5.56. The average Bonchev–Trinajstić information content (AvgIpc) is 3.42. The highest BCUT2D eigenvalue weighted by molar-refractivity contribution is 7.19. The number of ether oxygens (including phenoxy) is 1. The van der Waals surface area contributed by atoms with Crippen LogP contribution in [-0.2, 0) is 11.3 Å². The Bertz CT molecular complexity index is 1060. The third-order valence-electron chi connectivity index (χ3n) is 3.72. The zero-order valence-electron chi connectivity index (χ0n) is 14.2. The van der Waals surface area contributed by atoms with E-state index >= 15 is 0 Å². The van der Waals surface area contributed by atoms with Gasteiger partial charge in [0.25, 0.3) is 0 Å². The van der Waals surface area contributed by atoms with Crippen LogP contribution in [0.5, 0.6) is 0 Å². The summed E-state index contributed by atoms with van der Waals surface area (Å²) >= 11 is 7.38. The molecule has 4 aromatic rings. The number of hydrogen-bond donors (Lipinski definition) is 0. The fourth-order valence-electron chi connectivity index (χ4n) is 2.57. The van der Waals surface area contributed by atoms with Gasteiger partial charge in [0.15, 0.2) is 17.2 Å². The van der Waals surface area contributed by atoms with Crippen molar-refractivity contribution < 1.29 is 18.5 Å². The summed E-state index contributed by atoms with van der Waals surface area (Å²) in [7, 11) is 0. The van der Waals surface area contributed by atoms with Gasteiger partial charge in [-0.1, -0.05) is 16.8 Å². The highest BCUT2D eigenvalue weighted by atomic mass is 35.5. The second kappa shape index (κ2) is 7.42. The summed E-state index contributed by atoms with van der Waals surface area (Å²) in [6.45, 7) is 2.33. The molecular weight excluding hydrogens is 390 g/mol. The van der Waals surface area contributed by atoms with E-state index in [9.17, 15) is 4.79 Å². The van der Waals surface area contributed by atoms with Crippen molar-refractivity contribution in [3.05, 3.63) is 58.4 Å². The molecule has 0 unspecified atom stereocenters. The van der Waals surface area contributed by atoms with Crippen LogP contribution in [0, 0.1) is 0 Å². The number of esters is 1. The van der Waals surface area contributed by atoms with Crippen LogP contribution >= 0.6 is 22.9 Å². The summed E-state index contributed by atoms with van der Waals surface area (Å²) in [5.74, 6) is 0.726. The van der Waals surface area contributed by atoms with Crippen molar-refractivity contribution in [1.82, 2.24) is 14.9 Å². The van der Waals surface area contributed by atoms with E-state index in [4.69, 9.17) is 25.3 Å². The summed E-state index contributed by atoms with van der Waals surface area (Å²) in [5, 5.41) is 8.44. The Kier molecular flexibility index (Phi) is 4.83. The first-order valence-electron chi connectivity index (χ1n) is 8.14. The van der Waals surface area contributed by atoms with Crippen LogP contribution in [0.3, 0.4) is 0 Å². The number of halogens is 1. The molecule has 0 aliphatic carbocycles. The van der Waals surface area contributed by atoms with E-state index in [1.54, 1.807) is 42.1 Å². The number of aromatic nitrogens is 3. The van der Waals surface area contributed by atoms with Crippen LogP contribution in [0.25, 0.3) is 22.1 Å². The van der Waals surface area contributed by atoms with Crippen molar-refractivity contribution in [2.45, 2.75) is 13.5 Å². The summed E-state index contributed by atoms with van der Waals surface area (Å²) < 4.78 is 18.2. The SMILES string of the molecule is CCOC(=O)c1cc(-c2ccco2)n(Cc2cc(-c3ccc(Cl)s3)on2)n1. The van der Waals surface area contributed by atoms with E-state index in [0.29, 0.717) is 33.8 Å². The molecule has 0 bridgehead atoms. The van der Waals surface area contributed by atoms with Crippen LogP contribution in [0.1, 0.15) is 23.1 Å². The van der Waals surface area contributed by atoms with Crippen LogP contribution < -0.4 is 0 Å². The molecule has 0 N–H and O–H groups in total. The first kappa shape index (κ1) is 17.6. The molecule has 0 radical (unpaired) electrons. The van der Waals surface area contributed by atoms with Gasteiger partial charge in [0.1, 0.15) is 11.4 Å². The van der Waals surface area contributed by atoms with E-state index in [1.807, 2.05) is 12.1 Å².